The average Bonchev–Trinajstić information content (AvgIpc) is 2.58. The second-order valence-corrected chi connectivity index (χ2v) is 3.44. The van der Waals surface area contributed by atoms with Crippen molar-refractivity contribution >= 4 is 11.6 Å². The Morgan fingerprint density at radius 3 is 2.62 bits per heavy atom. The van der Waals surface area contributed by atoms with E-state index in [0.717, 1.165) is 0 Å². The van der Waals surface area contributed by atoms with E-state index in [4.69, 9.17) is 11.6 Å². The van der Waals surface area contributed by atoms with E-state index in [2.05, 4.69) is 4.98 Å². The molecule has 0 radical (unpaired) electrons. The van der Waals surface area contributed by atoms with Gasteiger partial charge in [-0.05, 0) is 0 Å². The minimum Gasteiger partial charge on any atom is -1.00 e. The van der Waals surface area contributed by atoms with Crippen molar-refractivity contribution in [2.24, 2.45) is 7.05 Å². The molecule has 2 rings (SSSR count). The van der Waals surface area contributed by atoms with Crippen LogP contribution in [0.15, 0.2) is 28.3 Å². The molecule has 8 heteroatoms. The summed E-state index contributed by atoms with van der Waals surface area (Å²) in [6, 6.07) is 0. The van der Waals surface area contributed by atoms with Crippen LogP contribution in [0, 0.1) is 0 Å². The summed E-state index contributed by atoms with van der Waals surface area (Å²) in [4.78, 5) is 26.8. The summed E-state index contributed by atoms with van der Waals surface area (Å²) >= 11 is 5.76. The normalized spacial score (nSPS) is 9.88. The summed E-state index contributed by atoms with van der Waals surface area (Å²) in [5, 5.41) is -0.0502. The Morgan fingerprint density at radius 1 is 1.38 bits per heavy atom. The zero-order valence-corrected chi connectivity index (χ0v) is 9.71. The molecule has 0 atom stereocenters. The topological polar surface area (TPSA) is 74.5 Å². The van der Waals surface area contributed by atoms with Gasteiger partial charge in [0.2, 0.25) is 12.1 Å². The first-order valence-corrected chi connectivity index (χ1v) is 4.51. The number of halogens is 2. The van der Waals surface area contributed by atoms with E-state index in [-0.39, 0.29) is 23.2 Å². The summed E-state index contributed by atoms with van der Waals surface area (Å²) < 4.78 is 3.31. The van der Waals surface area contributed by atoms with Crippen molar-refractivity contribution in [1.82, 2.24) is 14.5 Å². The fraction of sp³-hybridized carbons (Fsp3) is 0.125. The van der Waals surface area contributed by atoms with E-state index in [1.807, 2.05) is 12.0 Å². The highest BCUT2D eigenvalue weighted by atomic mass is 35.5. The molecule has 0 aliphatic heterocycles. The third-order valence-electron chi connectivity index (χ3n) is 1.89. The summed E-state index contributed by atoms with van der Waals surface area (Å²) in [7, 11) is 1.82. The highest BCUT2D eigenvalue weighted by molar-refractivity contribution is 6.31. The van der Waals surface area contributed by atoms with E-state index in [9.17, 15) is 9.59 Å². The number of aromatic amines is 2. The first-order valence-electron chi connectivity index (χ1n) is 4.13. The van der Waals surface area contributed by atoms with Gasteiger partial charge in [0.05, 0.1) is 7.05 Å². The van der Waals surface area contributed by atoms with E-state index in [1.54, 1.807) is 27.9 Å². The Morgan fingerprint density at radius 2 is 2.06 bits per heavy atom. The number of nitrogens with zero attached hydrogens (tertiary/aromatic N) is 2. The maximum atomic E-state index is 11.2. The van der Waals surface area contributed by atoms with Crippen molar-refractivity contribution in [2.45, 2.75) is 0 Å². The van der Waals surface area contributed by atoms with Gasteiger partial charge in [-0.1, -0.05) is 11.6 Å². The number of aromatic nitrogens is 4. The molecule has 2 N–H and O–H groups in total. The molecule has 0 aliphatic carbocycles. The van der Waals surface area contributed by atoms with Crippen LogP contribution in [-0.2, 0) is 7.05 Å². The van der Waals surface area contributed by atoms with Crippen LogP contribution in [0.25, 0.3) is 5.82 Å². The molecule has 2 heterocycles. The van der Waals surface area contributed by atoms with Crippen LogP contribution < -0.4 is 28.2 Å². The SMILES string of the molecule is C[n+]1ccn(-c2[nH]c(=O)[nH]c(=O)c2Cl)c1.[Cl-]. The maximum Gasteiger partial charge on any atom is 0.328 e. The predicted octanol–water partition coefficient (Wildman–Crippen LogP) is -3.66. The molecule has 86 valence electrons. The first kappa shape index (κ1) is 12.5. The standard InChI is InChI=1S/C8H7ClN4O2.ClH/c1-12-2-3-13(4-12)6-5(9)7(14)11-8(15)10-6;/h2-4H,1H3,(H-,10,11,14,15);1H. The van der Waals surface area contributed by atoms with E-state index < -0.39 is 11.2 Å². The molecule has 0 unspecified atom stereocenters. The molecule has 0 aromatic carbocycles. The van der Waals surface area contributed by atoms with Crippen molar-refractivity contribution in [3.05, 3.63) is 44.6 Å². The molecule has 0 saturated carbocycles. The van der Waals surface area contributed by atoms with Gasteiger partial charge in [0.15, 0.2) is 5.02 Å². The molecule has 2 aromatic heterocycles. The number of aryl methyl sites for hydroxylation is 1. The fourth-order valence-electron chi connectivity index (χ4n) is 1.22. The second-order valence-electron chi connectivity index (χ2n) is 3.06. The average molecular weight is 263 g/mol. The number of hydrogen-bond donors (Lipinski definition) is 2. The molecule has 0 fully saturated rings. The molecule has 0 aliphatic rings. The number of nitrogens with one attached hydrogen (secondary N) is 2. The lowest BCUT2D eigenvalue weighted by Crippen LogP contribution is -3.00. The Kier molecular flexibility index (Phi) is 3.56. The lowest BCUT2D eigenvalue weighted by molar-refractivity contribution is -0.670. The zero-order valence-electron chi connectivity index (χ0n) is 8.20. The molecule has 0 spiro atoms. The van der Waals surface area contributed by atoms with E-state index in [1.165, 1.54) is 0 Å². The first-order chi connectivity index (χ1) is 7.08. The summed E-state index contributed by atoms with van der Waals surface area (Å²) in [5.41, 5.74) is -1.19. The maximum absolute atomic E-state index is 11.2. The van der Waals surface area contributed by atoms with Gasteiger partial charge in [-0.15, -0.1) is 0 Å². The van der Waals surface area contributed by atoms with Gasteiger partial charge < -0.3 is 12.4 Å². The summed E-state index contributed by atoms with van der Waals surface area (Å²) in [5.74, 6) is 0.256. The Bertz CT molecular complexity index is 613. The largest absolute Gasteiger partial charge is 1.00 e. The minimum absolute atomic E-state index is 0. The monoisotopic (exact) mass is 262 g/mol. The zero-order chi connectivity index (χ0) is 11.0. The number of rotatable bonds is 1. The third kappa shape index (κ3) is 2.17. The highest BCUT2D eigenvalue weighted by Crippen LogP contribution is 2.09. The second kappa shape index (κ2) is 4.54. The van der Waals surface area contributed by atoms with Crippen LogP contribution >= 0.6 is 11.6 Å². The van der Waals surface area contributed by atoms with Crippen LogP contribution in [0.3, 0.4) is 0 Å². The molecular weight excluding hydrogens is 255 g/mol. The lowest BCUT2D eigenvalue weighted by atomic mass is 10.5. The van der Waals surface area contributed by atoms with Crippen molar-refractivity contribution < 1.29 is 17.0 Å². The summed E-state index contributed by atoms with van der Waals surface area (Å²) in [6.45, 7) is 0. The molecule has 6 nitrogen and oxygen atoms in total. The van der Waals surface area contributed by atoms with Gasteiger partial charge >= 0.3 is 5.69 Å². The van der Waals surface area contributed by atoms with Crippen molar-refractivity contribution in [3.8, 4) is 5.82 Å². The van der Waals surface area contributed by atoms with Gasteiger partial charge in [0.25, 0.3) is 5.56 Å². The number of H-pyrrole nitrogens is 2. The Hall–Kier alpha value is -1.53. The Balaban J connectivity index is 0.00000128. The fourth-order valence-corrected chi connectivity index (χ4v) is 1.41. The quantitative estimate of drug-likeness (QED) is 0.520. The minimum atomic E-state index is -0.605. The number of imidazole rings is 1. The molecule has 0 amide bonds. The Labute approximate surface area is 101 Å². The van der Waals surface area contributed by atoms with Crippen LogP contribution in [0.2, 0.25) is 5.02 Å². The van der Waals surface area contributed by atoms with Crippen LogP contribution in [0.5, 0.6) is 0 Å². The lowest BCUT2D eigenvalue weighted by Gasteiger charge is -1.96. The predicted molar refractivity (Wildman–Crippen MR) is 53.2 cm³/mol. The van der Waals surface area contributed by atoms with E-state index in [0.29, 0.717) is 0 Å². The molecular formula is C8H8Cl2N4O2. The van der Waals surface area contributed by atoms with Gasteiger partial charge in [-0.3, -0.25) is 14.8 Å². The summed E-state index contributed by atoms with van der Waals surface area (Å²) in [6.07, 6.45) is 5.11. The molecule has 0 bridgehead atoms. The number of hydrogen-bond acceptors (Lipinski definition) is 2. The van der Waals surface area contributed by atoms with Crippen LogP contribution in [-0.4, -0.2) is 14.5 Å². The smallest absolute Gasteiger partial charge is 0.328 e. The van der Waals surface area contributed by atoms with Gasteiger partial charge in [0.1, 0.15) is 12.4 Å². The van der Waals surface area contributed by atoms with Crippen molar-refractivity contribution in [3.63, 3.8) is 0 Å². The van der Waals surface area contributed by atoms with Gasteiger partial charge in [-0.2, -0.15) is 4.57 Å². The van der Waals surface area contributed by atoms with Gasteiger partial charge in [0, 0.05) is 0 Å². The third-order valence-corrected chi connectivity index (χ3v) is 2.24. The van der Waals surface area contributed by atoms with Crippen molar-refractivity contribution in [2.75, 3.05) is 0 Å². The highest BCUT2D eigenvalue weighted by Gasteiger charge is 2.13. The molecule has 2 aromatic rings. The van der Waals surface area contributed by atoms with Crippen LogP contribution in [0.1, 0.15) is 0 Å². The van der Waals surface area contributed by atoms with Crippen LogP contribution in [0.4, 0.5) is 0 Å². The molecule has 16 heavy (non-hydrogen) atoms. The van der Waals surface area contributed by atoms with E-state index >= 15 is 0 Å². The van der Waals surface area contributed by atoms with Crippen molar-refractivity contribution in [1.29, 1.82) is 0 Å². The van der Waals surface area contributed by atoms with Gasteiger partial charge in [-0.25, -0.2) is 9.36 Å². The molecule has 0 saturated heterocycles.